The van der Waals surface area contributed by atoms with Crippen molar-refractivity contribution in [2.45, 2.75) is 18.9 Å². The minimum Gasteiger partial charge on any atom is -0.335 e. The van der Waals surface area contributed by atoms with Crippen molar-refractivity contribution in [2.24, 2.45) is 5.11 Å². The van der Waals surface area contributed by atoms with Gasteiger partial charge in [-0.3, -0.25) is 0 Å². The van der Waals surface area contributed by atoms with Crippen molar-refractivity contribution in [3.8, 4) is 0 Å². The van der Waals surface area contributed by atoms with Crippen molar-refractivity contribution in [1.82, 2.24) is 5.32 Å². The van der Waals surface area contributed by atoms with Gasteiger partial charge in [-0.2, -0.15) is 0 Å². The Morgan fingerprint density at radius 1 is 1.50 bits per heavy atom. The molecule has 0 heterocycles. The Labute approximate surface area is 92.3 Å². The third kappa shape index (κ3) is 2.90. The molecule has 0 radical (unpaired) electrons. The number of anilines is 1. The van der Waals surface area contributed by atoms with Crippen molar-refractivity contribution in [3.05, 3.63) is 34.7 Å². The second kappa shape index (κ2) is 4.55. The van der Waals surface area contributed by atoms with Gasteiger partial charge in [0.2, 0.25) is 0 Å². The van der Waals surface area contributed by atoms with Crippen LogP contribution in [0.4, 0.5) is 16.2 Å². The number of nitrogens with zero attached hydrogens (tertiary/aromatic N) is 3. The predicted molar refractivity (Wildman–Crippen MR) is 60.4 cm³/mol. The molecule has 0 aliphatic heterocycles. The van der Waals surface area contributed by atoms with Gasteiger partial charge in [0.05, 0.1) is 0 Å². The smallest absolute Gasteiger partial charge is 0.319 e. The first kappa shape index (κ1) is 10.3. The number of urea groups is 1. The van der Waals surface area contributed by atoms with Crippen LogP contribution < -0.4 is 10.6 Å². The van der Waals surface area contributed by atoms with E-state index in [1.165, 1.54) is 0 Å². The average molecular weight is 217 g/mol. The molecule has 2 amide bonds. The number of azide groups is 1. The molecule has 6 nitrogen and oxygen atoms in total. The fourth-order valence-corrected chi connectivity index (χ4v) is 1.28. The van der Waals surface area contributed by atoms with Gasteiger partial charge in [0.25, 0.3) is 0 Å². The lowest BCUT2D eigenvalue weighted by molar-refractivity contribution is 0.251. The van der Waals surface area contributed by atoms with Gasteiger partial charge in [-0.1, -0.05) is 17.2 Å². The van der Waals surface area contributed by atoms with Gasteiger partial charge in [-0.05, 0) is 30.5 Å². The number of nitrogens with one attached hydrogen (secondary N) is 2. The van der Waals surface area contributed by atoms with Crippen LogP contribution in [0.3, 0.4) is 0 Å². The molecule has 0 atom stereocenters. The van der Waals surface area contributed by atoms with E-state index >= 15 is 0 Å². The molecule has 2 N–H and O–H groups in total. The second-order valence-corrected chi connectivity index (χ2v) is 3.61. The van der Waals surface area contributed by atoms with Crippen LogP contribution in [0.5, 0.6) is 0 Å². The predicted octanol–water partition coefficient (Wildman–Crippen LogP) is 2.91. The van der Waals surface area contributed by atoms with Crippen LogP contribution in [-0.2, 0) is 0 Å². The van der Waals surface area contributed by atoms with Crippen LogP contribution in [0.1, 0.15) is 12.8 Å². The van der Waals surface area contributed by atoms with Crippen molar-refractivity contribution in [1.29, 1.82) is 0 Å². The zero-order valence-electron chi connectivity index (χ0n) is 8.55. The van der Waals surface area contributed by atoms with E-state index in [0.717, 1.165) is 12.8 Å². The van der Waals surface area contributed by atoms with Gasteiger partial charge in [0.15, 0.2) is 0 Å². The van der Waals surface area contributed by atoms with Gasteiger partial charge in [-0.25, -0.2) is 4.79 Å². The minimum atomic E-state index is -0.222. The van der Waals surface area contributed by atoms with E-state index in [2.05, 4.69) is 20.7 Å². The molecule has 1 saturated carbocycles. The zero-order valence-corrected chi connectivity index (χ0v) is 8.55. The quantitative estimate of drug-likeness (QED) is 0.455. The van der Waals surface area contributed by atoms with E-state index in [0.29, 0.717) is 17.4 Å². The van der Waals surface area contributed by atoms with Gasteiger partial charge in [0, 0.05) is 22.3 Å². The molecule has 2 rings (SSSR count). The van der Waals surface area contributed by atoms with Crippen molar-refractivity contribution in [3.63, 3.8) is 0 Å². The maximum absolute atomic E-state index is 11.4. The van der Waals surface area contributed by atoms with E-state index in [1.54, 1.807) is 24.3 Å². The molecule has 1 aliphatic carbocycles. The lowest BCUT2D eigenvalue weighted by Gasteiger charge is -2.06. The summed E-state index contributed by atoms with van der Waals surface area (Å²) in [4.78, 5) is 14.1. The Bertz CT molecular complexity index is 448. The highest BCUT2D eigenvalue weighted by Crippen LogP contribution is 2.20. The molecule has 0 saturated heterocycles. The summed E-state index contributed by atoms with van der Waals surface area (Å²) in [7, 11) is 0. The average Bonchev–Trinajstić information content (AvgIpc) is 3.02. The minimum absolute atomic E-state index is 0.222. The van der Waals surface area contributed by atoms with Gasteiger partial charge < -0.3 is 10.6 Å². The molecule has 1 aromatic rings. The highest BCUT2D eigenvalue weighted by atomic mass is 16.2. The summed E-state index contributed by atoms with van der Waals surface area (Å²) in [6, 6.07) is 6.84. The van der Waals surface area contributed by atoms with E-state index < -0.39 is 0 Å². The number of amides is 2. The van der Waals surface area contributed by atoms with E-state index in [-0.39, 0.29) is 6.03 Å². The number of hydrogen-bond donors (Lipinski definition) is 2. The van der Waals surface area contributed by atoms with E-state index in [1.807, 2.05) is 0 Å². The Morgan fingerprint density at radius 3 is 3.00 bits per heavy atom. The number of hydrogen-bond acceptors (Lipinski definition) is 2. The summed E-state index contributed by atoms with van der Waals surface area (Å²) < 4.78 is 0. The standard InChI is InChI=1S/C10H11N5O/c11-15-14-9-3-1-2-8(6-9)13-10(16)12-7-4-5-7/h1-3,6-7H,4-5H2,(H2,12,13,16). The molecule has 0 spiro atoms. The monoisotopic (exact) mass is 217 g/mol. The van der Waals surface area contributed by atoms with E-state index in [4.69, 9.17) is 5.53 Å². The fraction of sp³-hybridized carbons (Fsp3) is 0.300. The first-order valence-corrected chi connectivity index (χ1v) is 5.00. The second-order valence-electron chi connectivity index (χ2n) is 3.61. The number of carbonyl (C=O) groups is 1. The van der Waals surface area contributed by atoms with Gasteiger partial charge in [-0.15, -0.1) is 0 Å². The maximum Gasteiger partial charge on any atom is 0.319 e. The van der Waals surface area contributed by atoms with Crippen LogP contribution in [0, 0.1) is 0 Å². The molecule has 0 aromatic heterocycles. The molecular formula is C10H11N5O. The molecule has 1 aromatic carbocycles. The van der Waals surface area contributed by atoms with Gasteiger partial charge >= 0.3 is 6.03 Å². The number of carbonyl (C=O) groups excluding carboxylic acids is 1. The van der Waals surface area contributed by atoms with Crippen LogP contribution in [0.2, 0.25) is 0 Å². The highest BCUT2D eigenvalue weighted by molar-refractivity contribution is 5.90. The number of rotatable bonds is 3. The number of benzene rings is 1. The third-order valence-corrected chi connectivity index (χ3v) is 2.18. The SMILES string of the molecule is [N-]=[N+]=Nc1cccc(NC(=O)NC2CC2)c1. The molecule has 1 aliphatic rings. The molecule has 0 bridgehead atoms. The van der Waals surface area contributed by atoms with Crippen molar-refractivity contribution in [2.75, 3.05) is 5.32 Å². The Hall–Kier alpha value is -2.20. The van der Waals surface area contributed by atoms with Crippen LogP contribution in [0.15, 0.2) is 29.4 Å². The first-order chi connectivity index (χ1) is 7.78. The van der Waals surface area contributed by atoms with Crippen LogP contribution >= 0.6 is 0 Å². The highest BCUT2D eigenvalue weighted by Gasteiger charge is 2.23. The molecule has 1 fully saturated rings. The summed E-state index contributed by atoms with van der Waals surface area (Å²) in [6.45, 7) is 0. The molecule has 82 valence electrons. The largest absolute Gasteiger partial charge is 0.335 e. The fourth-order valence-electron chi connectivity index (χ4n) is 1.28. The van der Waals surface area contributed by atoms with Crippen LogP contribution in [-0.4, -0.2) is 12.1 Å². The van der Waals surface area contributed by atoms with Crippen molar-refractivity contribution < 1.29 is 4.79 Å². The van der Waals surface area contributed by atoms with Gasteiger partial charge in [0.1, 0.15) is 0 Å². The van der Waals surface area contributed by atoms with Crippen LogP contribution in [0.25, 0.3) is 10.4 Å². The summed E-state index contributed by atoms with van der Waals surface area (Å²) in [5.41, 5.74) is 9.37. The molecule has 0 unspecified atom stereocenters. The Kier molecular flexibility index (Phi) is 2.93. The summed E-state index contributed by atoms with van der Waals surface area (Å²) in [6.07, 6.45) is 2.10. The third-order valence-electron chi connectivity index (χ3n) is 2.18. The normalized spacial score (nSPS) is 13.8. The zero-order chi connectivity index (χ0) is 11.4. The Balaban J connectivity index is 1.99. The first-order valence-electron chi connectivity index (χ1n) is 5.00. The van der Waals surface area contributed by atoms with E-state index in [9.17, 15) is 4.79 Å². The summed E-state index contributed by atoms with van der Waals surface area (Å²) >= 11 is 0. The lowest BCUT2D eigenvalue weighted by Crippen LogP contribution is -2.30. The lowest BCUT2D eigenvalue weighted by atomic mass is 10.3. The van der Waals surface area contributed by atoms with Crippen molar-refractivity contribution >= 4 is 17.4 Å². The molecular weight excluding hydrogens is 206 g/mol. The molecule has 16 heavy (non-hydrogen) atoms. The summed E-state index contributed by atoms with van der Waals surface area (Å²) in [5.74, 6) is 0. The Morgan fingerprint density at radius 2 is 2.31 bits per heavy atom. The topological polar surface area (TPSA) is 89.9 Å². The molecule has 6 heteroatoms. The maximum atomic E-state index is 11.4. The summed E-state index contributed by atoms with van der Waals surface area (Å²) in [5, 5.41) is 8.94.